The van der Waals surface area contributed by atoms with E-state index >= 15 is 0 Å². The highest BCUT2D eigenvalue weighted by molar-refractivity contribution is 6.14. The third kappa shape index (κ3) is 1.34. The van der Waals surface area contributed by atoms with E-state index in [0.29, 0.717) is 13.1 Å². The Morgan fingerprint density at radius 1 is 1.30 bits per heavy atom. The molecular weight excluding hydrogens is 292 g/mol. The molecule has 3 atom stereocenters. The van der Waals surface area contributed by atoms with E-state index in [9.17, 15) is 9.59 Å². The number of anilines is 1. The fraction of sp³-hybridized carbons (Fsp3) is 0.444. The average molecular weight is 310 g/mol. The number of benzene rings is 1. The van der Waals surface area contributed by atoms with Gasteiger partial charge in [-0.3, -0.25) is 9.59 Å². The Labute approximate surface area is 134 Å². The molecule has 5 nitrogen and oxygen atoms in total. The molecule has 0 saturated carbocycles. The minimum absolute atomic E-state index is 0.0811. The second-order valence-electron chi connectivity index (χ2n) is 6.84. The molecule has 23 heavy (non-hydrogen) atoms. The maximum atomic E-state index is 12.8. The van der Waals surface area contributed by atoms with E-state index in [2.05, 4.69) is 17.0 Å². The predicted octanol–water partition coefficient (Wildman–Crippen LogP) is 1.49. The lowest BCUT2D eigenvalue weighted by Crippen LogP contribution is -2.59. The van der Waals surface area contributed by atoms with Crippen LogP contribution in [0.25, 0.3) is 0 Å². The van der Waals surface area contributed by atoms with E-state index < -0.39 is 11.3 Å². The van der Waals surface area contributed by atoms with Crippen LogP contribution in [-0.2, 0) is 14.3 Å². The van der Waals surface area contributed by atoms with Gasteiger partial charge in [-0.05, 0) is 38.0 Å². The Morgan fingerprint density at radius 3 is 2.83 bits per heavy atom. The van der Waals surface area contributed by atoms with Gasteiger partial charge < -0.3 is 14.5 Å². The molecule has 1 spiro atoms. The molecule has 0 aliphatic carbocycles. The van der Waals surface area contributed by atoms with Crippen molar-refractivity contribution in [3.05, 3.63) is 42.0 Å². The molecule has 1 aromatic carbocycles. The van der Waals surface area contributed by atoms with Gasteiger partial charge in [0.25, 0.3) is 5.91 Å². The largest absolute Gasteiger partial charge is 0.359 e. The highest BCUT2D eigenvalue weighted by Gasteiger charge is 2.74. The van der Waals surface area contributed by atoms with Gasteiger partial charge in [-0.25, -0.2) is 0 Å². The first-order valence-electron chi connectivity index (χ1n) is 8.17. The number of nitrogens with zero attached hydrogens (tertiary/aromatic N) is 2. The molecule has 0 aromatic heterocycles. The number of carbonyl (C=O) groups is 2. The second kappa shape index (κ2) is 4.03. The normalized spacial score (nSPS) is 37.2. The topological polar surface area (TPSA) is 49.9 Å². The first-order valence-corrected chi connectivity index (χ1v) is 8.17. The van der Waals surface area contributed by atoms with Gasteiger partial charge in [-0.15, -0.1) is 0 Å². The second-order valence-corrected chi connectivity index (χ2v) is 6.84. The van der Waals surface area contributed by atoms with Gasteiger partial charge in [0.2, 0.25) is 5.60 Å². The molecule has 0 N–H and O–H groups in total. The lowest BCUT2D eigenvalue weighted by Gasteiger charge is -2.44. The summed E-state index contributed by atoms with van der Waals surface area (Å²) in [6, 6.07) is 10.3. The highest BCUT2D eigenvalue weighted by atomic mass is 16.6. The van der Waals surface area contributed by atoms with Gasteiger partial charge >= 0.3 is 0 Å². The summed E-state index contributed by atoms with van der Waals surface area (Å²) in [5, 5.41) is 0. The summed E-state index contributed by atoms with van der Waals surface area (Å²) in [4.78, 5) is 29.2. The quantitative estimate of drug-likeness (QED) is 0.613. The molecule has 5 rings (SSSR count). The van der Waals surface area contributed by atoms with Crippen LogP contribution in [0, 0.1) is 0 Å². The number of hydrogen-bond donors (Lipinski definition) is 0. The number of rotatable bonds is 2. The molecular formula is C18H18N2O3. The van der Waals surface area contributed by atoms with Gasteiger partial charge in [0.15, 0.2) is 11.5 Å². The Balaban J connectivity index is 1.67. The molecule has 0 radical (unpaired) electrons. The van der Waals surface area contributed by atoms with Crippen LogP contribution in [0.4, 0.5) is 5.69 Å². The molecule has 118 valence electrons. The third-order valence-corrected chi connectivity index (χ3v) is 5.76. The van der Waals surface area contributed by atoms with Crippen LogP contribution in [0.2, 0.25) is 0 Å². The average Bonchev–Trinajstić information content (AvgIpc) is 3.13. The standard InChI is InChI=1S/C18H18N2O3/c1-12(21)17-10-13-11-19(14-6-3-2-4-7-14)15-8-5-9-20(16(17)22)18(13,15)23-17/h2-4,6-7,10,15H,5,8-9,11H2,1H3/t15-,17-,18+/m0/s1. The van der Waals surface area contributed by atoms with E-state index in [1.807, 2.05) is 23.1 Å². The monoisotopic (exact) mass is 310 g/mol. The van der Waals surface area contributed by atoms with E-state index in [0.717, 1.165) is 24.1 Å². The number of hydrogen-bond acceptors (Lipinski definition) is 4. The van der Waals surface area contributed by atoms with Crippen molar-refractivity contribution in [2.45, 2.75) is 37.1 Å². The third-order valence-electron chi connectivity index (χ3n) is 5.76. The van der Waals surface area contributed by atoms with Crippen LogP contribution in [-0.4, -0.2) is 47.0 Å². The summed E-state index contributed by atoms with van der Waals surface area (Å²) < 4.78 is 6.26. The molecule has 4 aliphatic rings. The van der Waals surface area contributed by atoms with E-state index in [1.165, 1.54) is 6.92 Å². The summed E-state index contributed by atoms with van der Waals surface area (Å²) in [7, 11) is 0. The minimum Gasteiger partial charge on any atom is -0.359 e. The SMILES string of the molecule is CC(=O)[C@@]12C=C3CN(c4ccccc4)[C@H]4CCCN(C1=O)[C@@]34O2. The number of ether oxygens (including phenoxy) is 1. The smallest absolute Gasteiger partial charge is 0.269 e. The number of para-hydroxylation sites is 1. The summed E-state index contributed by atoms with van der Waals surface area (Å²) >= 11 is 0. The number of Topliss-reactive ketones (excluding diaryl/α,β-unsaturated/α-hetero) is 1. The van der Waals surface area contributed by atoms with E-state index in [4.69, 9.17) is 4.74 Å². The maximum absolute atomic E-state index is 12.8. The minimum atomic E-state index is -1.36. The van der Waals surface area contributed by atoms with Crippen LogP contribution < -0.4 is 4.90 Å². The van der Waals surface area contributed by atoms with Gasteiger partial charge in [-0.2, -0.15) is 0 Å². The van der Waals surface area contributed by atoms with E-state index in [-0.39, 0.29) is 17.7 Å². The highest BCUT2D eigenvalue weighted by Crippen LogP contribution is 2.57. The van der Waals surface area contributed by atoms with Crippen LogP contribution in [0.5, 0.6) is 0 Å². The molecule has 2 bridgehead atoms. The fourth-order valence-corrected chi connectivity index (χ4v) is 4.78. The number of piperidine rings is 1. The zero-order valence-electron chi connectivity index (χ0n) is 13.0. The van der Waals surface area contributed by atoms with Crippen LogP contribution in [0.15, 0.2) is 42.0 Å². The molecule has 4 aliphatic heterocycles. The van der Waals surface area contributed by atoms with Crippen LogP contribution >= 0.6 is 0 Å². The number of carbonyl (C=O) groups excluding carboxylic acids is 2. The van der Waals surface area contributed by atoms with Crippen molar-refractivity contribution < 1.29 is 14.3 Å². The molecule has 3 saturated heterocycles. The Hall–Kier alpha value is -2.14. The summed E-state index contributed by atoms with van der Waals surface area (Å²) in [6.07, 6.45) is 3.70. The van der Waals surface area contributed by atoms with Crippen LogP contribution in [0.3, 0.4) is 0 Å². The maximum Gasteiger partial charge on any atom is 0.269 e. The number of fused-ring (bicyclic) bond motifs is 1. The van der Waals surface area contributed by atoms with Gasteiger partial charge in [0, 0.05) is 24.4 Å². The Bertz CT molecular complexity index is 759. The summed E-state index contributed by atoms with van der Waals surface area (Å²) in [6.45, 7) is 2.84. The van der Waals surface area contributed by atoms with Gasteiger partial charge in [-0.1, -0.05) is 18.2 Å². The lowest BCUT2D eigenvalue weighted by molar-refractivity contribution is -0.145. The molecule has 5 heteroatoms. The molecule has 3 fully saturated rings. The van der Waals surface area contributed by atoms with Gasteiger partial charge in [0.05, 0.1) is 6.04 Å². The van der Waals surface area contributed by atoms with Crippen molar-refractivity contribution in [3.8, 4) is 0 Å². The Morgan fingerprint density at radius 2 is 2.09 bits per heavy atom. The van der Waals surface area contributed by atoms with Crippen molar-refractivity contribution in [3.63, 3.8) is 0 Å². The summed E-state index contributed by atoms with van der Waals surface area (Å²) in [5.74, 6) is -0.383. The Kier molecular flexibility index (Phi) is 2.33. The summed E-state index contributed by atoms with van der Waals surface area (Å²) in [5.41, 5.74) is 0.124. The first kappa shape index (κ1) is 13.3. The van der Waals surface area contributed by atoms with Crippen molar-refractivity contribution >= 4 is 17.4 Å². The lowest BCUT2D eigenvalue weighted by atomic mass is 9.85. The molecule has 0 unspecified atom stereocenters. The number of amides is 1. The van der Waals surface area contributed by atoms with Gasteiger partial charge in [0.1, 0.15) is 0 Å². The molecule has 1 amide bonds. The number of ketones is 1. The first-order chi connectivity index (χ1) is 11.1. The van der Waals surface area contributed by atoms with Crippen molar-refractivity contribution in [1.29, 1.82) is 0 Å². The zero-order chi connectivity index (χ0) is 15.8. The fourth-order valence-electron chi connectivity index (χ4n) is 4.78. The van der Waals surface area contributed by atoms with E-state index in [1.54, 1.807) is 6.08 Å². The van der Waals surface area contributed by atoms with Crippen LogP contribution in [0.1, 0.15) is 19.8 Å². The van der Waals surface area contributed by atoms with Crippen molar-refractivity contribution in [2.24, 2.45) is 0 Å². The van der Waals surface area contributed by atoms with Crippen molar-refractivity contribution in [2.75, 3.05) is 18.0 Å². The molecule has 4 heterocycles. The predicted molar refractivity (Wildman–Crippen MR) is 83.8 cm³/mol. The zero-order valence-corrected chi connectivity index (χ0v) is 13.0. The van der Waals surface area contributed by atoms with Crippen molar-refractivity contribution in [1.82, 2.24) is 4.90 Å². The molecule has 1 aromatic rings.